The quantitative estimate of drug-likeness (QED) is 0.115. The van der Waals surface area contributed by atoms with Gasteiger partial charge < -0.3 is 4.74 Å². The van der Waals surface area contributed by atoms with E-state index in [0.717, 1.165) is 11.1 Å². The predicted molar refractivity (Wildman–Crippen MR) is 232 cm³/mol. The highest BCUT2D eigenvalue weighted by atomic mass is 16.5. The van der Waals surface area contributed by atoms with Crippen molar-refractivity contribution in [2.75, 3.05) is 13.2 Å². The van der Waals surface area contributed by atoms with E-state index in [1.165, 1.54) is 66.8 Å². The van der Waals surface area contributed by atoms with Crippen LogP contribution >= 0.6 is 0 Å². The minimum absolute atomic E-state index is 0.437. The highest BCUT2D eigenvalue weighted by Gasteiger charge is 2.17. The molecule has 0 atom stereocenters. The van der Waals surface area contributed by atoms with Gasteiger partial charge in [-0.2, -0.15) is 0 Å². The van der Waals surface area contributed by atoms with Gasteiger partial charge in [0.1, 0.15) is 0 Å². The van der Waals surface area contributed by atoms with Crippen LogP contribution in [0.2, 0.25) is 0 Å². The minimum atomic E-state index is 0.437. The number of benzene rings is 8. The van der Waals surface area contributed by atoms with E-state index in [-0.39, 0.29) is 0 Å². The van der Waals surface area contributed by atoms with E-state index < -0.39 is 0 Å². The lowest BCUT2D eigenvalue weighted by Gasteiger charge is -2.18. The van der Waals surface area contributed by atoms with E-state index in [1.54, 1.807) is 0 Å². The molecule has 0 fully saturated rings. The van der Waals surface area contributed by atoms with Crippen LogP contribution in [0.4, 0.5) is 0 Å². The summed E-state index contributed by atoms with van der Waals surface area (Å²) in [4.78, 5) is 0. The lowest BCUT2D eigenvalue weighted by atomic mass is 9.86. The summed E-state index contributed by atoms with van der Waals surface area (Å²) in [6.07, 6.45) is 4.51. The molecule has 1 nitrogen and oxygen atoms in total. The average Bonchev–Trinajstić information content (AvgIpc) is 3.27. The van der Waals surface area contributed by atoms with E-state index in [1.807, 2.05) is 0 Å². The molecule has 0 saturated carbocycles. The van der Waals surface area contributed by atoms with Crippen molar-refractivity contribution < 1.29 is 4.74 Å². The first-order valence-electron chi connectivity index (χ1n) is 18.9. The second kappa shape index (κ2) is 17.4. The zero-order valence-electron chi connectivity index (χ0n) is 30.8. The maximum Gasteiger partial charge on any atom is 0.0660 e. The third-order valence-electron chi connectivity index (χ3n) is 10.0. The van der Waals surface area contributed by atoms with Crippen LogP contribution in [0.25, 0.3) is 55.7 Å². The van der Waals surface area contributed by atoms with Gasteiger partial charge >= 0.3 is 0 Å². The summed E-state index contributed by atoms with van der Waals surface area (Å²) in [5.41, 5.74) is 16.5. The highest BCUT2D eigenvalue weighted by Crippen LogP contribution is 2.39. The standard InChI is InChI=1S/C54H42O/c1-5-21-41(22-6-1)45-29-13-17-33-49(45)53(50-34-18-14-30-46(50)42-23-7-2-8-24-42)37-39-55-40-38-54(51-35-19-15-31-47(51)43-25-9-3-10-26-43)52-36-20-16-32-48(52)44-27-11-4-12-28-44/h1-38H,39-40H2. The van der Waals surface area contributed by atoms with Crippen LogP contribution in [-0.2, 0) is 4.74 Å². The average molecular weight is 707 g/mol. The molecule has 8 rings (SSSR count). The van der Waals surface area contributed by atoms with Crippen LogP contribution in [0.1, 0.15) is 22.3 Å². The van der Waals surface area contributed by atoms with Gasteiger partial charge in [0.2, 0.25) is 0 Å². The second-order valence-electron chi connectivity index (χ2n) is 13.4. The third kappa shape index (κ3) is 8.09. The SMILES string of the molecule is C(COCC=C(c1ccccc1-c1ccccc1)c1ccccc1-c1ccccc1)=C(c1ccccc1-c1ccccc1)c1ccccc1-c1ccccc1. The maximum atomic E-state index is 6.61. The molecule has 264 valence electrons. The minimum Gasteiger partial charge on any atom is -0.373 e. The Morgan fingerprint density at radius 1 is 0.273 bits per heavy atom. The van der Waals surface area contributed by atoms with Crippen LogP contribution in [0.5, 0.6) is 0 Å². The van der Waals surface area contributed by atoms with Crippen molar-refractivity contribution in [1.82, 2.24) is 0 Å². The molecule has 0 saturated heterocycles. The van der Waals surface area contributed by atoms with E-state index in [2.05, 4.69) is 231 Å². The molecule has 0 aromatic heterocycles. The van der Waals surface area contributed by atoms with E-state index in [4.69, 9.17) is 4.74 Å². The number of hydrogen-bond donors (Lipinski definition) is 0. The van der Waals surface area contributed by atoms with Gasteiger partial charge in [0.15, 0.2) is 0 Å². The molecule has 0 radical (unpaired) electrons. The normalized spacial score (nSPS) is 10.8. The fraction of sp³-hybridized carbons (Fsp3) is 0.0370. The molecule has 0 unspecified atom stereocenters. The Morgan fingerprint density at radius 3 is 0.745 bits per heavy atom. The highest BCUT2D eigenvalue weighted by molar-refractivity contribution is 5.95. The van der Waals surface area contributed by atoms with Gasteiger partial charge in [0, 0.05) is 0 Å². The van der Waals surface area contributed by atoms with Crippen molar-refractivity contribution in [2.24, 2.45) is 0 Å². The summed E-state index contributed by atoms with van der Waals surface area (Å²) in [6.45, 7) is 0.873. The van der Waals surface area contributed by atoms with Crippen LogP contribution in [0.3, 0.4) is 0 Å². The Bertz CT molecular complexity index is 2180. The van der Waals surface area contributed by atoms with Crippen molar-refractivity contribution in [2.45, 2.75) is 0 Å². The first kappa shape index (κ1) is 35.2. The molecule has 0 aliphatic rings. The van der Waals surface area contributed by atoms with Crippen molar-refractivity contribution in [3.8, 4) is 44.5 Å². The Hall–Kier alpha value is -6.80. The maximum absolute atomic E-state index is 6.61. The smallest absolute Gasteiger partial charge is 0.0660 e. The predicted octanol–water partition coefficient (Wildman–Crippen LogP) is 13.9. The first-order valence-corrected chi connectivity index (χ1v) is 18.9. The first-order chi connectivity index (χ1) is 27.3. The van der Waals surface area contributed by atoms with Crippen molar-refractivity contribution in [3.63, 3.8) is 0 Å². The summed E-state index contributed by atoms with van der Waals surface area (Å²) in [6, 6.07) is 77.4. The van der Waals surface area contributed by atoms with Crippen LogP contribution in [-0.4, -0.2) is 13.2 Å². The third-order valence-corrected chi connectivity index (χ3v) is 10.0. The second-order valence-corrected chi connectivity index (χ2v) is 13.4. The number of hydrogen-bond acceptors (Lipinski definition) is 1. The zero-order chi connectivity index (χ0) is 37.1. The monoisotopic (exact) mass is 706 g/mol. The summed E-state index contributed by atoms with van der Waals surface area (Å²) >= 11 is 0. The molecule has 0 aliphatic heterocycles. The largest absolute Gasteiger partial charge is 0.373 e. The Kier molecular flexibility index (Phi) is 11.1. The molecule has 1 heteroatoms. The van der Waals surface area contributed by atoms with Crippen molar-refractivity contribution >= 4 is 11.1 Å². The molecular formula is C54H42O. The molecule has 0 N–H and O–H groups in total. The van der Waals surface area contributed by atoms with Gasteiger partial charge in [-0.1, -0.05) is 231 Å². The van der Waals surface area contributed by atoms with Crippen LogP contribution in [0, 0.1) is 0 Å². The molecule has 0 spiro atoms. The Balaban J connectivity index is 1.20. The summed E-state index contributed by atoms with van der Waals surface area (Å²) < 4.78 is 6.61. The zero-order valence-corrected chi connectivity index (χ0v) is 30.8. The molecule has 0 bridgehead atoms. The lowest BCUT2D eigenvalue weighted by molar-refractivity contribution is 0.194. The van der Waals surface area contributed by atoms with Gasteiger partial charge in [-0.25, -0.2) is 0 Å². The molecule has 0 heterocycles. The van der Waals surface area contributed by atoms with E-state index >= 15 is 0 Å². The van der Waals surface area contributed by atoms with Gasteiger partial charge in [-0.05, 0) is 77.9 Å². The van der Waals surface area contributed by atoms with Crippen molar-refractivity contribution in [3.05, 3.63) is 253 Å². The van der Waals surface area contributed by atoms with Gasteiger partial charge in [0.25, 0.3) is 0 Å². The molecule has 0 aliphatic carbocycles. The fourth-order valence-electron chi connectivity index (χ4n) is 7.43. The molecule has 8 aromatic carbocycles. The van der Waals surface area contributed by atoms with Crippen LogP contribution in [0.15, 0.2) is 231 Å². The topological polar surface area (TPSA) is 9.23 Å². The lowest BCUT2D eigenvalue weighted by Crippen LogP contribution is -2.00. The summed E-state index contributed by atoms with van der Waals surface area (Å²) in [7, 11) is 0. The molecule has 8 aromatic rings. The van der Waals surface area contributed by atoms with Crippen LogP contribution < -0.4 is 0 Å². The molecule has 0 amide bonds. The van der Waals surface area contributed by atoms with E-state index in [0.29, 0.717) is 13.2 Å². The fourth-order valence-corrected chi connectivity index (χ4v) is 7.43. The van der Waals surface area contributed by atoms with E-state index in [9.17, 15) is 0 Å². The number of ether oxygens (including phenoxy) is 1. The van der Waals surface area contributed by atoms with Gasteiger partial charge in [-0.3, -0.25) is 0 Å². The van der Waals surface area contributed by atoms with Gasteiger partial charge in [0.05, 0.1) is 13.2 Å². The summed E-state index contributed by atoms with van der Waals surface area (Å²) in [5.74, 6) is 0. The number of rotatable bonds is 12. The Labute approximate surface area is 325 Å². The molecule has 55 heavy (non-hydrogen) atoms. The van der Waals surface area contributed by atoms with Gasteiger partial charge in [-0.15, -0.1) is 0 Å². The Morgan fingerprint density at radius 2 is 0.491 bits per heavy atom. The molecular weight excluding hydrogens is 665 g/mol. The van der Waals surface area contributed by atoms with Crippen molar-refractivity contribution in [1.29, 1.82) is 0 Å². The summed E-state index contributed by atoms with van der Waals surface area (Å²) in [5, 5.41) is 0.